The van der Waals surface area contributed by atoms with Crippen LogP contribution in [0, 0.1) is 0 Å². The van der Waals surface area contributed by atoms with Gasteiger partial charge in [0.2, 0.25) is 0 Å². The Kier molecular flexibility index (Phi) is 3.04. The summed E-state index contributed by atoms with van der Waals surface area (Å²) in [6, 6.07) is 7.68. The zero-order chi connectivity index (χ0) is 9.97. The van der Waals surface area contributed by atoms with Crippen LogP contribution in [0.15, 0.2) is 24.3 Å². The molecule has 0 bridgehead atoms. The monoisotopic (exact) mass is 213 g/mol. The van der Waals surface area contributed by atoms with Gasteiger partial charge in [-0.3, -0.25) is 0 Å². The van der Waals surface area contributed by atoms with Gasteiger partial charge in [-0.05, 0) is 24.5 Å². The molecule has 0 radical (unpaired) electrons. The van der Waals surface area contributed by atoms with Crippen molar-refractivity contribution in [2.75, 3.05) is 0 Å². The number of rotatable bonds is 3. The molecular formula is C11H13ClFN. The highest BCUT2D eigenvalue weighted by Crippen LogP contribution is 2.24. The summed E-state index contributed by atoms with van der Waals surface area (Å²) in [6.07, 6.45) is 0.962. The van der Waals surface area contributed by atoms with Gasteiger partial charge in [-0.1, -0.05) is 29.8 Å². The first-order valence-electron chi connectivity index (χ1n) is 4.88. The highest BCUT2D eigenvalue weighted by Gasteiger charge is 2.29. The third-order valence-corrected chi connectivity index (χ3v) is 3.07. The van der Waals surface area contributed by atoms with E-state index in [1.54, 1.807) is 0 Å². The van der Waals surface area contributed by atoms with Crippen molar-refractivity contribution in [1.29, 1.82) is 0 Å². The molecule has 1 aliphatic carbocycles. The SMILES string of the molecule is FC1CCC1NCc1ccccc1Cl. The zero-order valence-electron chi connectivity index (χ0n) is 7.84. The standard InChI is InChI=1S/C11H13ClFN/c12-9-4-2-1-3-8(9)7-14-11-6-5-10(11)13/h1-4,10-11,14H,5-7H2. The van der Waals surface area contributed by atoms with Crippen LogP contribution < -0.4 is 5.32 Å². The van der Waals surface area contributed by atoms with Crippen molar-refractivity contribution < 1.29 is 4.39 Å². The molecule has 1 fully saturated rings. The van der Waals surface area contributed by atoms with E-state index in [1.807, 2.05) is 24.3 Å². The molecule has 76 valence electrons. The molecule has 0 spiro atoms. The van der Waals surface area contributed by atoms with Crippen LogP contribution in [0.2, 0.25) is 5.02 Å². The van der Waals surface area contributed by atoms with Crippen LogP contribution >= 0.6 is 11.6 Å². The number of nitrogens with one attached hydrogen (secondary N) is 1. The summed E-state index contributed by atoms with van der Waals surface area (Å²) in [7, 11) is 0. The van der Waals surface area contributed by atoms with E-state index in [9.17, 15) is 4.39 Å². The lowest BCUT2D eigenvalue weighted by Gasteiger charge is -2.31. The number of alkyl halides is 1. The molecule has 0 aliphatic heterocycles. The van der Waals surface area contributed by atoms with Gasteiger partial charge in [-0.2, -0.15) is 0 Å². The van der Waals surface area contributed by atoms with Crippen LogP contribution in [-0.2, 0) is 6.54 Å². The maximum atomic E-state index is 12.9. The molecule has 1 aliphatic rings. The van der Waals surface area contributed by atoms with Gasteiger partial charge in [0.05, 0.1) is 0 Å². The maximum absolute atomic E-state index is 12.9. The molecule has 3 heteroatoms. The summed E-state index contributed by atoms with van der Waals surface area (Å²) in [6.45, 7) is 0.658. The Balaban J connectivity index is 1.88. The first kappa shape index (κ1) is 9.94. The fourth-order valence-electron chi connectivity index (χ4n) is 1.57. The van der Waals surface area contributed by atoms with Crippen molar-refractivity contribution in [3.8, 4) is 0 Å². The average molecular weight is 214 g/mol. The van der Waals surface area contributed by atoms with E-state index in [2.05, 4.69) is 5.32 Å². The lowest BCUT2D eigenvalue weighted by molar-refractivity contribution is 0.141. The maximum Gasteiger partial charge on any atom is 0.115 e. The molecule has 1 aromatic rings. The fraction of sp³-hybridized carbons (Fsp3) is 0.455. The Morgan fingerprint density at radius 2 is 2.14 bits per heavy atom. The normalized spacial score (nSPS) is 25.9. The van der Waals surface area contributed by atoms with Crippen molar-refractivity contribution in [2.45, 2.75) is 31.6 Å². The fourth-order valence-corrected chi connectivity index (χ4v) is 1.77. The van der Waals surface area contributed by atoms with Gasteiger partial charge in [0.1, 0.15) is 6.17 Å². The van der Waals surface area contributed by atoms with Gasteiger partial charge in [0.15, 0.2) is 0 Å². The number of hydrogen-bond acceptors (Lipinski definition) is 1. The minimum atomic E-state index is -0.669. The highest BCUT2D eigenvalue weighted by atomic mass is 35.5. The third-order valence-electron chi connectivity index (χ3n) is 2.70. The summed E-state index contributed by atoms with van der Waals surface area (Å²) >= 11 is 5.97. The molecule has 1 aromatic carbocycles. The topological polar surface area (TPSA) is 12.0 Å². The molecule has 0 aromatic heterocycles. The minimum absolute atomic E-state index is 0.0336. The minimum Gasteiger partial charge on any atom is -0.307 e. The van der Waals surface area contributed by atoms with Gasteiger partial charge >= 0.3 is 0 Å². The Morgan fingerprint density at radius 1 is 1.36 bits per heavy atom. The van der Waals surface area contributed by atoms with Crippen LogP contribution in [0.5, 0.6) is 0 Å². The van der Waals surface area contributed by atoms with E-state index in [4.69, 9.17) is 11.6 Å². The second-order valence-electron chi connectivity index (χ2n) is 3.67. The summed E-state index contributed by atoms with van der Waals surface area (Å²) in [5.74, 6) is 0. The van der Waals surface area contributed by atoms with Gasteiger partial charge in [-0.15, -0.1) is 0 Å². The second kappa shape index (κ2) is 4.28. The van der Waals surface area contributed by atoms with E-state index in [-0.39, 0.29) is 6.04 Å². The van der Waals surface area contributed by atoms with E-state index < -0.39 is 6.17 Å². The lowest BCUT2D eigenvalue weighted by atomic mass is 9.90. The summed E-state index contributed by atoms with van der Waals surface area (Å²) < 4.78 is 12.9. The molecule has 0 amide bonds. The molecule has 2 rings (SSSR count). The molecule has 0 heterocycles. The quantitative estimate of drug-likeness (QED) is 0.814. The summed E-state index contributed by atoms with van der Waals surface area (Å²) in [5, 5.41) is 3.91. The first-order chi connectivity index (χ1) is 6.77. The van der Waals surface area contributed by atoms with Crippen LogP contribution in [-0.4, -0.2) is 12.2 Å². The number of hydrogen-bond donors (Lipinski definition) is 1. The molecule has 0 saturated heterocycles. The molecule has 1 N–H and O–H groups in total. The van der Waals surface area contributed by atoms with Crippen LogP contribution in [0.25, 0.3) is 0 Å². The second-order valence-corrected chi connectivity index (χ2v) is 4.08. The molecule has 1 nitrogen and oxygen atoms in total. The zero-order valence-corrected chi connectivity index (χ0v) is 8.60. The largest absolute Gasteiger partial charge is 0.307 e. The van der Waals surface area contributed by atoms with Gasteiger partial charge in [0.25, 0.3) is 0 Å². The van der Waals surface area contributed by atoms with Crippen LogP contribution in [0.3, 0.4) is 0 Å². The van der Waals surface area contributed by atoms with E-state index in [1.165, 1.54) is 0 Å². The highest BCUT2D eigenvalue weighted by molar-refractivity contribution is 6.31. The van der Waals surface area contributed by atoms with Crippen molar-refractivity contribution in [1.82, 2.24) is 5.32 Å². The first-order valence-corrected chi connectivity index (χ1v) is 5.26. The van der Waals surface area contributed by atoms with Crippen molar-refractivity contribution in [3.05, 3.63) is 34.9 Å². The molecule has 1 saturated carbocycles. The van der Waals surface area contributed by atoms with E-state index in [0.29, 0.717) is 13.0 Å². The Labute approximate surface area is 88.3 Å². The Bertz CT molecular complexity index is 316. The van der Waals surface area contributed by atoms with E-state index in [0.717, 1.165) is 17.0 Å². The molecule has 2 atom stereocenters. The van der Waals surface area contributed by atoms with Crippen LogP contribution in [0.1, 0.15) is 18.4 Å². The number of halogens is 2. The predicted molar refractivity (Wildman–Crippen MR) is 56.2 cm³/mol. The lowest BCUT2D eigenvalue weighted by Crippen LogP contribution is -2.45. The van der Waals surface area contributed by atoms with Crippen molar-refractivity contribution in [2.24, 2.45) is 0 Å². The molecule has 14 heavy (non-hydrogen) atoms. The average Bonchev–Trinajstić information content (AvgIpc) is 2.19. The van der Waals surface area contributed by atoms with Gasteiger partial charge in [-0.25, -0.2) is 4.39 Å². The predicted octanol–water partition coefficient (Wildman–Crippen LogP) is 2.93. The number of benzene rings is 1. The summed E-state index contributed by atoms with van der Waals surface area (Å²) in [4.78, 5) is 0. The molecule has 2 unspecified atom stereocenters. The van der Waals surface area contributed by atoms with Crippen molar-refractivity contribution in [3.63, 3.8) is 0 Å². The molecular weight excluding hydrogens is 201 g/mol. The Morgan fingerprint density at radius 3 is 2.71 bits per heavy atom. The van der Waals surface area contributed by atoms with Crippen LogP contribution in [0.4, 0.5) is 4.39 Å². The van der Waals surface area contributed by atoms with E-state index >= 15 is 0 Å². The Hall–Kier alpha value is -0.600. The third kappa shape index (κ3) is 2.07. The van der Waals surface area contributed by atoms with Gasteiger partial charge < -0.3 is 5.32 Å². The smallest absolute Gasteiger partial charge is 0.115 e. The van der Waals surface area contributed by atoms with Crippen molar-refractivity contribution >= 4 is 11.6 Å². The van der Waals surface area contributed by atoms with Gasteiger partial charge in [0, 0.05) is 17.6 Å². The summed E-state index contributed by atoms with van der Waals surface area (Å²) in [5.41, 5.74) is 1.04.